The molecule has 0 aromatic heterocycles. The molecule has 0 unspecified atom stereocenters. The lowest BCUT2D eigenvalue weighted by Crippen LogP contribution is -2.28. The van der Waals surface area contributed by atoms with Crippen LogP contribution in [0.15, 0.2) is 12.1 Å². The van der Waals surface area contributed by atoms with Crippen LogP contribution in [-0.2, 0) is 16.0 Å². The predicted octanol–water partition coefficient (Wildman–Crippen LogP) is 5.19. The number of rotatable bonds is 6. The minimum atomic E-state index is -0.538. The van der Waals surface area contributed by atoms with E-state index in [2.05, 4.69) is 13.8 Å². The third kappa shape index (κ3) is 4.09. The van der Waals surface area contributed by atoms with Gasteiger partial charge in [-0.15, -0.1) is 0 Å². The van der Waals surface area contributed by atoms with Crippen molar-refractivity contribution in [1.29, 1.82) is 0 Å². The molecule has 2 aromatic carbocycles. The maximum absolute atomic E-state index is 12.8. The Labute approximate surface area is 206 Å². The molecule has 0 saturated carbocycles. The largest absolute Gasteiger partial charge is 0.493 e. The number of hydrogen-bond acceptors (Lipinski definition) is 8. The molecule has 0 fully saturated rings. The van der Waals surface area contributed by atoms with Crippen LogP contribution in [0.2, 0.25) is 0 Å². The Kier molecular flexibility index (Phi) is 6.92. The topological polar surface area (TPSA) is 81.7 Å². The van der Waals surface area contributed by atoms with Crippen molar-refractivity contribution in [3.8, 4) is 45.6 Å². The molecular weight excluding hydrogens is 452 g/mol. The maximum Gasteiger partial charge on any atom is 0.308 e. The molecule has 0 radical (unpaired) electrons. The summed E-state index contributed by atoms with van der Waals surface area (Å²) >= 11 is 0. The Morgan fingerprint density at radius 2 is 1.60 bits per heavy atom. The first-order valence-corrected chi connectivity index (χ1v) is 11.8. The van der Waals surface area contributed by atoms with Crippen LogP contribution in [-0.4, -0.2) is 41.2 Å². The Hall–Kier alpha value is -3.29. The summed E-state index contributed by atoms with van der Waals surface area (Å²) in [6.45, 7) is 7.99. The van der Waals surface area contributed by atoms with E-state index in [9.17, 15) is 4.79 Å². The van der Waals surface area contributed by atoms with Crippen molar-refractivity contribution >= 4 is 5.97 Å². The first-order valence-electron chi connectivity index (χ1n) is 11.8. The van der Waals surface area contributed by atoms with Crippen molar-refractivity contribution in [2.24, 2.45) is 17.8 Å². The van der Waals surface area contributed by atoms with Crippen molar-refractivity contribution in [3.05, 3.63) is 23.3 Å². The molecule has 35 heavy (non-hydrogen) atoms. The van der Waals surface area contributed by atoms with E-state index in [1.807, 2.05) is 26.0 Å². The highest BCUT2D eigenvalue weighted by atomic mass is 16.7. The van der Waals surface area contributed by atoms with Crippen LogP contribution < -0.4 is 28.4 Å². The summed E-state index contributed by atoms with van der Waals surface area (Å²) in [7, 11) is 6.36. The molecule has 1 aliphatic carbocycles. The Balaban J connectivity index is 2.13. The lowest BCUT2D eigenvalue weighted by molar-refractivity contribution is -0.157. The van der Waals surface area contributed by atoms with Gasteiger partial charge in [0.2, 0.25) is 18.3 Å². The maximum atomic E-state index is 12.8. The van der Waals surface area contributed by atoms with E-state index in [1.54, 1.807) is 28.4 Å². The summed E-state index contributed by atoms with van der Waals surface area (Å²) in [4.78, 5) is 12.8. The highest BCUT2D eigenvalue weighted by molar-refractivity contribution is 5.89. The number of hydrogen-bond donors (Lipinski definition) is 0. The Morgan fingerprint density at radius 1 is 0.914 bits per heavy atom. The Bertz CT molecular complexity index is 1120. The fourth-order valence-corrected chi connectivity index (χ4v) is 4.90. The van der Waals surface area contributed by atoms with Crippen LogP contribution in [0.4, 0.5) is 0 Å². The molecule has 2 aliphatic rings. The third-order valence-electron chi connectivity index (χ3n) is 6.95. The van der Waals surface area contributed by atoms with Crippen molar-refractivity contribution in [1.82, 2.24) is 0 Å². The van der Waals surface area contributed by atoms with Gasteiger partial charge in [-0.2, -0.15) is 0 Å². The zero-order chi connectivity index (χ0) is 25.4. The molecule has 0 bridgehead atoms. The highest BCUT2D eigenvalue weighted by Crippen LogP contribution is 2.58. The molecule has 0 spiro atoms. The second-order valence-corrected chi connectivity index (χ2v) is 9.34. The molecule has 8 heteroatoms. The lowest BCUT2D eigenvalue weighted by atomic mass is 9.75. The number of esters is 1. The average molecular weight is 487 g/mol. The van der Waals surface area contributed by atoms with E-state index in [0.29, 0.717) is 40.9 Å². The van der Waals surface area contributed by atoms with E-state index in [4.69, 9.17) is 33.2 Å². The van der Waals surface area contributed by atoms with Crippen LogP contribution in [0.3, 0.4) is 0 Å². The second-order valence-electron chi connectivity index (χ2n) is 9.34. The standard InChI is InChI=1S/C27H34O8/c1-13(2)27(28)35-22-15(4)14(3)9-16-10-18(29-5)23(30-6)25(31-7)20(16)21-17(22)11-19-24(26(21)32-8)34-12-33-19/h10-11,13-15,22H,9,12H2,1-8H3/t14-,15-,22-/m1/s1. The smallest absolute Gasteiger partial charge is 0.308 e. The first kappa shape index (κ1) is 24.8. The molecular formula is C27H34O8. The molecule has 0 saturated heterocycles. The number of methoxy groups -OCH3 is 4. The summed E-state index contributed by atoms with van der Waals surface area (Å²) in [5.74, 6) is 2.72. The lowest BCUT2D eigenvalue weighted by Gasteiger charge is -2.35. The van der Waals surface area contributed by atoms with Gasteiger partial charge >= 0.3 is 5.97 Å². The summed E-state index contributed by atoms with van der Waals surface area (Å²) < 4.78 is 40.9. The van der Waals surface area contributed by atoms with Gasteiger partial charge in [-0.1, -0.05) is 27.7 Å². The summed E-state index contributed by atoms with van der Waals surface area (Å²) in [6, 6.07) is 3.88. The summed E-state index contributed by atoms with van der Waals surface area (Å²) in [6.07, 6.45) is 0.157. The predicted molar refractivity (Wildman–Crippen MR) is 130 cm³/mol. The fourth-order valence-electron chi connectivity index (χ4n) is 4.90. The summed E-state index contributed by atoms with van der Waals surface area (Å²) in [5, 5.41) is 0. The van der Waals surface area contributed by atoms with Gasteiger partial charge in [-0.3, -0.25) is 4.79 Å². The number of carbonyl (C=O) groups excluding carboxylic acids is 1. The van der Waals surface area contributed by atoms with Crippen LogP contribution >= 0.6 is 0 Å². The number of fused-ring (bicyclic) bond motifs is 4. The SMILES string of the molecule is COc1cc2c(c(OC)c1OC)-c1c(cc3c(c1OC)OCO3)[C@H](OC(=O)C(C)C)[C@H](C)[C@H](C)C2. The van der Waals surface area contributed by atoms with Crippen LogP contribution in [0.1, 0.15) is 44.9 Å². The zero-order valence-electron chi connectivity index (χ0n) is 21.6. The zero-order valence-corrected chi connectivity index (χ0v) is 21.6. The molecule has 0 amide bonds. The van der Waals surface area contributed by atoms with E-state index < -0.39 is 6.10 Å². The number of benzene rings is 2. The van der Waals surface area contributed by atoms with Crippen molar-refractivity contribution in [2.45, 2.75) is 40.2 Å². The van der Waals surface area contributed by atoms with Gasteiger partial charge in [0, 0.05) is 22.6 Å². The van der Waals surface area contributed by atoms with Crippen molar-refractivity contribution < 1.29 is 38.0 Å². The van der Waals surface area contributed by atoms with Gasteiger partial charge in [0.05, 0.1) is 34.4 Å². The number of ether oxygens (including phenoxy) is 7. The number of carbonyl (C=O) groups is 1. The molecule has 2 aromatic rings. The second kappa shape index (κ2) is 9.76. The fraction of sp³-hybridized carbons (Fsp3) is 0.519. The van der Waals surface area contributed by atoms with E-state index in [-0.39, 0.29) is 30.5 Å². The van der Waals surface area contributed by atoms with Gasteiger partial charge in [0.15, 0.2) is 23.0 Å². The van der Waals surface area contributed by atoms with E-state index in [0.717, 1.165) is 22.3 Å². The normalized spacial score (nSPS) is 20.3. The molecule has 4 rings (SSSR count). The molecule has 1 aliphatic heterocycles. The minimum absolute atomic E-state index is 0.00577. The quantitative estimate of drug-likeness (QED) is 0.517. The summed E-state index contributed by atoms with van der Waals surface area (Å²) in [5.41, 5.74) is 3.29. The van der Waals surface area contributed by atoms with Gasteiger partial charge in [-0.05, 0) is 30.0 Å². The first-order chi connectivity index (χ1) is 16.8. The Morgan fingerprint density at radius 3 is 2.20 bits per heavy atom. The molecule has 190 valence electrons. The van der Waals surface area contributed by atoms with Gasteiger partial charge in [0.25, 0.3) is 0 Å². The molecule has 0 N–H and O–H groups in total. The molecule has 3 atom stereocenters. The van der Waals surface area contributed by atoms with Crippen LogP contribution in [0.25, 0.3) is 11.1 Å². The van der Waals surface area contributed by atoms with Gasteiger partial charge in [0.1, 0.15) is 6.10 Å². The van der Waals surface area contributed by atoms with E-state index in [1.165, 1.54) is 0 Å². The van der Waals surface area contributed by atoms with E-state index >= 15 is 0 Å². The van der Waals surface area contributed by atoms with Crippen LogP contribution in [0.5, 0.6) is 34.5 Å². The highest BCUT2D eigenvalue weighted by Gasteiger charge is 2.40. The van der Waals surface area contributed by atoms with Gasteiger partial charge in [-0.25, -0.2) is 0 Å². The molecule has 8 nitrogen and oxygen atoms in total. The molecule has 1 heterocycles. The van der Waals surface area contributed by atoms with Crippen molar-refractivity contribution in [2.75, 3.05) is 35.2 Å². The monoisotopic (exact) mass is 486 g/mol. The third-order valence-corrected chi connectivity index (χ3v) is 6.95. The minimum Gasteiger partial charge on any atom is -0.493 e. The van der Waals surface area contributed by atoms with Crippen LogP contribution in [0, 0.1) is 17.8 Å². The average Bonchev–Trinajstić information content (AvgIpc) is 3.32. The van der Waals surface area contributed by atoms with Crippen molar-refractivity contribution in [3.63, 3.8) is 0 Å². The van der Waals surface area contributed by atoms with Gasteiger partial charge < -0.3 is 33.2 Å².